The number of ether oxygens (including phenoxy) is 1. The van der Waals surface area contributed by atoms with E-state index in [1.807, 2.05) is 30.3 Å². The SMILES string of the molecule is COc1ccc(NS(=O)(=O)c2c(C)nn(-c3ccccc3)c2C)cc1Cl. The van der Waals surface area contributed by atoms with Gasteiger partial charge in [-0.05, 0) is 44.2 Å². The molecule has 2 aromatic carbocycles. The van der Waals surface area contributed by atoms with Crippen LogP contribution in [-0.2, 0) is 10.0 Å². The van der Waals surface area contributed by atoms with E-state index in [0.717, 1.165) is 5.69 Å². The Morgan fingerprint density at radius 2 is 1.81 bits per heavy atom. The van der Waals surface area contributed by atoms with Crippen LogP contribution >= 0.6 is 11.6 Å². The zero-order valence-electron chi connectivity index (χ0n) is 14.5. The predicted octanol–water partition coefficient (Wildman–Crippen LogP) is 3.95. The predicted molar refractivity (Wildman–Crippen MR) is 102 cm³/mol. The highest BCUT2D eigenvalue weighted by atomic mass is 35.5. The van der Waals surface area contributed by atoms with Crippen LogP contribution in [0.2, 0.25) is 5.02 Å². The summed E-state index contributed by atoms with van der Waals surface area (Å²) in [6.07, 6.45) is 0. The smallest absolute Gasteiger partial charge is 0.265 e. The number of nitrogens with zero attached hydrogens (tertiary/aromatic N) is 2. The summed E-state index contributed by atoms with van der Waals surface area (Å²) in [4.78, 5) is 0.147. The Morgan fingerprint density at radius 3 is 2.42 bits per heavy atom. The molecule has 0 aliphatic rings. The summed E-state index contributed by atoms with van der Waals surface area (Å²) in [6, 6.07) is 14.1. The summed E-state index contributed by atoms with van der Waals surface area (Å²) < 4.78 is 35.1. The molecule has 1 aromatic heterocycles. The number of nitrogens with one attached hydrogen (secondary N) is 1. The normalized spacial score (nSPS) is 11.4. The molecule has 1 N–H and O–H groups in total. The minimum absolute atomic E-state index is 0.147. The third kappa shape index (κ3) is 3.40. The summed E-state index contributed by atoms with van der Waals surface area (Å²) in [5, 5.41) is 4.71. The maximum Gasteiger partial charge on any atom is 0.265 e. The van der Waals surface area contributed by atoms with E-state index < -0.39 is 10.0 Å². The lowest BCUT2D eigenvalue weighted by molar-refractivity contribution is 0.415. The minimum atomic E-state index is -3.83. The van der Waals surface area contributed by atoms with Crippen molar-refractivity contribution in [3.05, 3.63) is 64.9 Å². The Hall–Kier alpha value is -2.51. The molecule has 0 aliphatic heterocycles. The van der Waals surface area contributed by atoms with Crippen LogP contribution in [0.1, 0.15) is 11.4 Å². The van der Waals surface area contributed by atoms with Crippen molar-refractivity contribution >= 4 is 27.3 Å². The lowest BCUT2D eigenvalue weighted by atomic mass is 10.3. The fraction of sp³-hybridized carbons (Fsp3) is 0.167. The summed E-state index contributed by atoms with van der Waals surface area (Å²) in [5.74, 6) is 0.471. The molecule has 0 radical (unpaired) electrons. The zero-order chi connectivity index (χ0) is 18.9. The molecule has 3 aromatic rings. The number of hydrogen-bond donors (Lipinski definition) is 1. The molecular formula is C18H18ClN3O3S. The number of sulfonamides is 1. The Balaban J connectivity index is 2.00. The van der Waals surface area contributed by atoms with Gasteiger partial charge >= 0.3 is 0 Å². The average molecular weight is 392 g/mol. The number of methoxy groups -OCH3 is 1. The Bertz CT molecular complexity index is 1050. The molecule has 1 heterocycles. The first kappa shape index (κ1) is 18.3. The second-order valence-electron chi connectivity index (χ2n) is 5.70. The number of aryl methyl sites for hydroxylation is 1. The summed E-state index contributed by atoms with van der Waals surface area (Å²) in [7, 11) is -2.34. The summed E-state index contributed by atoms with van der Waals surface area (Å²) in [5.41, 5.74) is 2.09. The summed E-state index contributed by atoms with van der Waals surface area (Å²) >= 11 is 6.07. The van der Waals surface area contributed by atoms with Gasteiger partial charge in [0.05, 0.1) is 34.9 Å². The van der Waals surface area contributed by atoms with Gasteiger partial charge in [0, 0.05) is 0 Å². The van der Waals surface area contributed by atoms with Crippen LogP contribution in [0.5, 0.6) is 5.75 Å². The molecular weight excluding hydrogens is 374 g/mol. The van der Waals surface area contributed by atoms with Crippen LogP contribution in [0.3, 0.4) is 0 Å². The number of para-hydroxylation sites is 1. The molecule has 26 heavy (non-hydrogen) atoms. The molecule has 0 saturated heterocycles. The van der Waals surface area contributed by atoms with Crippen molar-refractivity contribution in [2.75, 3.05) is 11.8 Å². The van der Waals surface area contributed by atoms with Gasteiger partial charge in [-0.25, -0.2) is 13.1 Å². The summed E-state index contributed by atoms with van der Waals surface area (Å²) in [6.45, 7) is 3.39. The lowest BCUT2D eigenvalue weighted by Gasteiger charge is -2.10. The number of anilines is 1. The first-order valence-electron chi connectivity index (χ1n) is 7.81. The van der Waals surface area contributed by atoms with E-state index >= 15 is 0 Å². The second-order valence-corrected chi connectivity index (χ2v) is 7.73. The largest absolute Gasteiger partial charge is 0.495 e. The van der Waals surface area contributed by atoms with E-state index in [-0.39, 0.29) is 4.90 Å². The molecule has 0 saturated carbocycles. The first-order chi connectivity index (χ1) is 12.3. The van der Waals surface area contributed by atoms with Gasteiger partial charge in [-0.3, -0.25) is 4.72 Å². The molecule has 0 fully saturated rings. The lowest BCUT2D eigenvalue weighted by Crippen LogP contribution is -2.15. The zero-order valence-corrected chi connectivity index (χ0v) is 16.1. The highest BCUT2D eigenvalue weighted by Crippen LogP contribution is 2.30. The highest BCUT2D eigenvalue weighted by Gasteiger charge is 2.25. The van der Waals surface area contributed by atoms with Crippen molar-refractivity contribution in [3.63, 3.8) is 0 Å². The van der Waals surface area contributed by atoms with Crippen LogP contribution < -0.4 is 9.46 Å². The van der Waals surface area contributed by atoms with Crippen molar-refractivity contribution in [1.82, 2.24) is 9.78 Å². The number of benzene rings is 2. The van der Waals surface area contributed by atoms with Crippen molar-refractivity contribution in [3.8, 4) is 11.4 Å². The van der Waals surface area contributed by atoms with Gasteiger partial charge in [-0.15, -0.1) is 0 Å². The molecule has 136 valence electrons. The Kier molecular flexibility index (Phi) is 4.93. The molecule has 3 rings (SSSR count). The Morgan fingerprint density at radius 1 is 1.12 bits per heavy atom. The van der Waals surface area contributed by atoms with Gasteiger partial charge in [0.15, 0.2) is 0 Å². The number of aromatic nitrogens is 2. The van der Waals surface area contributed by atoms with E-state index in [1.165, 1.54) is 13.2 Å². The van der Waals surface area contributed by atoms with Crippen molar-refractivity contribution in [2.24, 2.45) is 0 Å². The van der Waals surface area contributed by atoms with E-state index in [9.17, 15) is 8.42 Å². The topological polar surface area (TPSA) is 73.2 Å². The van der Waals surface area contributed by atoms with Crippen molar-refractivity contribution < 1.29 is 13.2 Å². The monoisotopic (exact) mass is 391 g/mol. The maximum absolute atomic E-state index is 12.9. The van der Waals surface area contributed by atoms with Gasteiger partial charge < -0.3 is 4.74 Å². The third-order valence-corrected chi connectivity index (χ3v) is 5.83. The quantitative estimate of drug-likeness (QED) is 0.714. The number of rotatable bonds is 5. The van der Waals surface area contributed by atoms with Crippen molar-refractivity contribution in [2.45, 2.75) is 18.7 Å². The van der Waals surface area contributed by atoms with Crippen LogP contribution in [0.4, 0.5) is 5.69 Å². The molecule has 0 unspecified atom stereocenters. The van der Waals surface area contributed by atoms with Crippen LogP contribution in [0, 0.1) is 13.8 Å². The van der Waals surface area contributed by atoms with Gasteiger partial charge in [-0.1, -0.05) is 29.8 Å². The Labute approximate surface area is 157 Å². The molecule has 0 aliphatic carbocycles. The van der Waals surface area contributed by atoms with Gasteiger partial charge in [-0.2, -0.15) is 5.10 Å². The second kappa shape index (κ2) is 7.01. The fourth-order valence-electron chi connectivity index (χ4n) is 2.77. The standard InChI is InChI=1S/C18H18ClN3O3S/c1-12-18(13(2)22(20-12)15-7-5-4-6-8-15)26(23,24)21-14-9-10-17(25-3)16(19)11-14/h4-11,21H,1-3H3. The van der Waals surface area contributed by atoms with Crippen LogP contribution in [0.25, 0.3) is 5.69 Å². The molecule has 0 bridgehead atoms. The third-order valence-electron chi connectivity index (χ3n) is 3.90. The highest BCUT2D eigenvalue weighted by molar-refractivity contribution is 7.92. The maximum atomic E-state index is 12.9. The fourth-order valence-corrected chi connectivity index (χ4v) is 4.48. The molecule has 6 nitrogen and oxygen atoms in total. The van der Waals surface area contributed by atoms with Gasteiger partial charge in [0.25, 0.3) is 10.0 Å². The van der Waals surface area contributed by atoms with E-state index in [1.54, 1.807) is 30.7 Å². The molecule has 8 heteroatoms. The van der Waals surface area contributed by atoms with E-state index in [2.05, 4.69) is 9.82 Å². The number of hydrogen-bond acceptors (Lipinski definition) is 4. The average Bonchev–Trinajstić information content (AvgIpc) is 2.90. The van der Waals surface area contributed by atoms with E-state index in [0.29, 0.717) is 27.8 Å². The van der Waals surface area contributed by atoms with Crippen LogP contribution in [-0.4, -0.2) is 25.3 Å². The minimum Gasteiger partial charge on any atom is -0.495 e. The molecule has 0 amide bonds. The molecule has 0 spiro atoms. The van der Waals surface area contributed by atoms with Gasteiger partial charge in [0.2, 0.25) is 0 Å². The molecule has 0 atom stereocenters. The van der Waals surface area contributed by atoms with E-state index in [4.69, 9.17) is 16.3 Å². The number of halogens is 1. The first-order valence-corrected chi connectivity index (χ1v) is 9.67. The van der Waals surface area contributed by atoms with Crippen LogP contribution in [0.15, 0.2) is 53.4 Å². The van der Waals surface area contributed by atoms with Gasteiger partial charge in [0.1, 0.15) is 10.6 Å². The van der Waals surface area contributed by atoms with Crippen molar-refractivity contribution in [1.29, 1.82) is 0 Å².